The van der Waals surface area contributed by atoms with E-state index < -0.39 is 5.97 Å². The van der Waals surface area contributed by atoms with Crippen molar-refractivity contribution in [3.05, 3.63) is 53.2 Å². The van der Waals surface area contributed by atoms with Gasteiger partial charge in [-0.25, -0.2) is 14.8 Å². The van der Waals surface area contributed by atoms with E-state index in [0.717, 1.165) is 31.7 Å². The Morgan fingerprint density at radius 3 is 2.81 bits per heavy atom. The second-order valence-corrected chi connectivity index (χ2v) is 7.30. The molecule has 26 heavy (non-hydrogen) atoms. The Labute approximate surface area is 151 Å². The Bertz CT molecular complexity index is 1340. The first-order valence-corrected chi connectivity index (χ1v) is 8.79. The van der Waals surface area contributed by atoms with Crippen molar-refractivity contribution in [3.63, 3.8) is 0 Å². The van der Waals surface area contributed by atoms with E-state index in [9.17, 15) is 9.90 Å². The Balaban J connectivity index is 1.82. The normalized spacial score (nSPS) is 11.6. The topological polar surface area (TPSA) is 91.8 Å². The molecular formula is C19H12N4O2S. The number of H-pyrrole nitrogens is 1. The summed E-state index contributed by atoms with van der Waals surface area (Å²) in [5.41, 5.74) is 4.09. The molecular weight excluding hydrogens is 348 g/mol. The maximum Gasteiger partial charge on any atom is 0.336 e. The number of rotatable bonds is 2. The smallest absolute Gasteiger partial charge is 0.336 e. The highest BCUT2D eigenvalue weighted by Gasteiger charge is 2.16. The predicted octanol–water partition coefficient (Wildman–Crippen LogP) is 4.39. The van der Waals surface area contributed by atoms with Crippen LogP contribution in [0.15, 0.2) is 42.6 Å². The molecule has 3 heterocycles. The molecule has 0 unspecified atom stereocenters. The molecule has 0 amide bonds. The second kappa shape index (κ2) is 5.34. The molecule has 0 atom stereocenters. The Morgan fingerprint density at radius 2 is 1.96 bits per heavy atom. The van der Waals surface area contributed by atoms with Crippen LogP contribution >= 0.6 is 11.3 Å². The van der Waals surface area contributed by atoms with Gasteiger partial charge in [0.1, 0.15) is 0 Å². The SMILES string of the molecule is Cc1nc2ccc(-c3cc(C(=O)O)c4c(ccc5[nH]ncc54)n3)cc2s1. The lowest BCUT2D eigenvalue weighted by Crippen LogP contribution is -2.00. The van der Waals surface area contributed by atoms with E-state index >= 15 is 0 Å². The van der Waals surface area contributed by atoms with Crippen molar-refractivity contribution in [1.82, 2.24) is 20.2 Å². The number of carboxylic acid groups (broad SMARTS) is 1. The van der Waals surface area contributed by atoms with Gasteiger partial charge in [-0.3, -0.25) is 5.10 Å². The lowest BCUT2D eigenvalue weighted by Gasteiger charge is -2.08. The number of benzene rings is 2. The molecule has 0 saturated carbocycles. The van der Waals surface area contributed by atoms with Gasteiger partial charge in [-0.15, -0.1) is 11.3 Å². The summed E-state index contributed by atoms with van der Waals surface area (Å²) in [6, 6.07) is 11.2. The summed E-state index contributed by atoms with van der Waals surface area (Å²) in [4.78, 5) is 21.1. The van der Waals surface area contributed by atoms with Gasteiger partial charge in [-0.2, -0.15) is 5.10 Å². The maximum absolute atomic E-state index is 11.9. The van der Waals surface area contributed by atoms with Crippen LogP contribution in [0.2, 0.25) is 0 Å². The van der Waals surface area contributed by atoms with E-state index in [1.807, 2.05) is 37.3 Å². The van der Waals surface area contributed by atoms with Gasteiger partial charge in [-0.1, -0.05) is 6.07 Å². The largest absolute Gasteiger partial charge is 0.478 e. The number of carbonyl (C=O) groups is 1. The lowest BCUT2D eigenvalue weighted by molar-refractivity contribution is 0.0699. The van der Waals surface area contributed by atoms with Crippen molar-refractivity contribution >= 4 is 49.3 Å². The molecule has 0 aliphatic heterocycles. The van der Waals surface area contributed by atoms with Crippen LogP contribution in [-0.4, -0.2) is 31.2 Å². The number of fused-ring (bicyclic) bond motifs is 4. The molecule has 0 aliphatic rings. The zero-order chi connectivity index (χ0) is 17.8. The van der Waals surface area contributed by atoms with Crippen LogP contribution in [0, 0.1) is 6.92 Å². The molecule has 7 heteroatoms. The first-order chi connectivity index (χ1) is 12.6. The van der Waals surface area contributed by atoms with Crippen LogP contribution in [0.1, 0.15) is 15.4 Å². The molecule has 126 valence electrons. The average Bonchev–Trinajstić information content (AvgIpc) is 3.24. The van der Waals surface area contributed by atoms with Gasteiger partial charge in [0.05, 0.1) is 43.7 Å². The van der Waals surface area contributed by atoms with Crippen LogP contribution < -0.4 is 0 Å². The van der Waals surface area contributed by atoms with Crippen LogP contribution in [0.4, 0.5) is 0 Å². The number of hydrogen-bond acceptors (Lipinski definition) is 5. The summed E-state index contributed by atoms with van der Waals surface area (Å²) in [6.45, 7) is 1.97. The average molecular weight is 360 g/mol. The number of aromatic nitrogens is 4. The summed E-state index contributed by atoms with van der Waals surface area (Å²) < 4.78 is 1.06. The van der Waals surface area contributed by atoms with Crippen molar-refractivity contribution in [2.24, 2.45) is 0 Å². The summed E-state index contributed by atoms with van der Waals surface area (Å²) in [5, 5.41) is 19.0. The van der Waals surface area contributed by atoms with E-state index in [1.54, 1.807) is 23.6 Å². The fourth-order valence-electron chi connectivity index (χ4n) is 3.27. The summed E-state index contributed by atoms with van der Waals surface area (Å²) >= 11 is 1.61. The quantitative estimate of drug-likeness (QED) is 0.487. The van der Waals surface area contributed by atoms with E-state index in [-0.39, 0.29) is 5.56 Å². The molecule has 5 rings (SSSR count). The molecule has 6 nitrogen and oxygen atoms in total. The first-order valence-electron chi connectivity index (χ1n) is 7.98. The molecule has 0 spiro atoms. The molecule has 5 aromatic rings. The van der Waals surface area contributed by atoms with Gasteiger partial charge in [0.2, 0.25) is 0 Å². The number of aromatic amines is 1. The number of carboxylic acids is 1. The van der Waals surface area contributed by atoms with Crippen LogP contribution in [-0.2, 0) is 0 Å². The van der Waals surface area contributed by atoms with E-state index in [2.05, 4.69) is 15.2 Å². The highest BCUT2D eigenvalue weighted by molar-refractivity contribution is 7.18. The number of pyridine rings is 1. The fourth-order valence-corrected chi connectivity index (χ4v) is 4.14. The van der Waals surface area contributed by atoms with Crippen LogP contribution in [0.5, 0.6) is 0 Å². The summed E-state index contributed by atoms with van der Waals surface area (Å²) in [6.07, 6.45) is 1.64. The van der Waals surface area contributed by atoms with Crippen molar-refractivity contribution in [2.45, 2.75) is 6.92 Å². The number of thiazole rings is 1. The number of aromatic carboxylic acids is 1. The van der Waals surface area contributed by atoms with Gasteiger partial charge < -0.3 is 5.11 Å². The third-order valence-electron chi connectivity index (χ3n) is 4.42. The molecule has 3 aromatic heterocycles. The maximum atomic E-state index is 11.9. The van der Waals surface area contributed by atoms with Gasteiger partial charge in [-0.05, 0) is 37.3 Å². The Morgan fingerprint density at radius 1 is 1.12 bits per heavy atom. The Hall–Kier alpha value is -3.32. The number of nitrogens with zero attached hydrogens (tertiary/aromatic N) is 3. The molecule has 0 bridgehead atoms. The fraction of sp³-hybridized carbons (Fsp3) is 0.0526. The van der Waals surface area contributed by atoms with E-state index in [1.165, 1.54) is 0 Å². The van der Waals surface area contributed by atoms with Gasteiger partial charge in [0.15, 0.2) is 0 Å². The minimum Gasteiger partial charge on any atom is -0.478 e. The van der Waals surface area contributed by atoms with Crippen molar-refractivity contribution < 1.29 is 9.90 Å². The lowest BCUT2D eigenvalue weighted by atomic mass is 10.0. The number of nitrogens with one attached hydrogen (secondary N) is 1. The minimum absolute atomic E-state index is 0.220. The molecule has 0 aliphatic carbocycles. The number of hydrogen-bond donors (Lipinski definition) is 2. The van der Waals surface area contributed by atoms with Crippen LogP contribution in [0.25, 0.3) is 43.3 Å². The second-order valence-electron chi connectivity index (χ2n) is 6.07. The zero-order valence-electron chi connectivity index (χ0n) is 13.6. The predicted molar refractivity (Wildman–Crippen MR) is 102 cm³/mol. The molecule has 0 saturated heterocycles. The Kier molecular flexibility index (Phi) is 3.07. The van der Waals surface area contributed by atoms with Gasteiger partial charge in [0, 0.05) is 16.3 Å². The third kappa shape index (κ3) is 2.18. The highest BCUT2D eigenvalue weighted by Crippen LogP contribution is 2.32. The molecule has 0 radical (unpaired) electrons. The van der Waals surface area contributed by atoms with E-state index in [4.69, 9.17) is 4.98 Å². The monoisotopic (exact) mass is 360 g/mol. The molecule has 2 aromatic carbocycles. The van der Waals surface area contributed by atoms with E-state index in [0.29, 0.717) is 16.6 Å². The third-order valence-corrected chi connectivity index (χ3v) is 5.35. The zero-order valence-corrected chi connectivity index (χ0v) is 14.5. The minimum atomic E-state index is -0.984. The van der Waals surface area contributed by atoms with Crippen LogP contribution in [0.3, 0.4) is 0 Å². The number of aryl methyl sites for hydroxylation is 1. The molecule has 2 N–H and O–H groups in total. The summed E-state index contributed by atoms with van der Waals surface area (Å²) in [7, 11) is 0. The standard InChI is InChI=1S/C19H12N4O2S/c1-9-21-14-3-2-10(6-17(14)26-9)16-7-11(19(24)25)18-12-8-20-23-13(12)4-5-15(18)22-16/h2-8H,1H3,(H,20,23)(H,24,25). The molecule has 0 fully saturated rings. The van der Waals surface area contributed by atoms with Crippen molar-refractivity contribution in [1.29, 1.82) is 0 Å². The van der Waals surface area contributed by atoms with Gasteiger partial charge in [0.25, 0.3) is 0 Å². The van der Waals surface area contributed by atoms with Crippen molar-refractivity contribution in [2.75, 3.05) is 0 Å². The highest BCUT2D eigenvalue weighted by atomic mass is 32.1. The van der Waals surface area contributed by atoms with Gasteiger partial charge >= 0.3 is 5.97 Å². The van der Waals surface area contributed by atoms with Crippen molar-refractivity contribution in [3.8, 4) is 11.3 Å². The summed E-state index contributed by atoms with van der Waals surface area (Å²) in [5.74, 6) is -0.984. The first kappa shape index (κ1) is 15.0.